The van der Waals surface area contributed by atoms with E-state index < -0.39 is 0 Å². The van der Waals surface area contributed by atoms with Gasteiger partial charge in [0, 0.05) is 29.5 Å². The number of aromatic nitrogens is 4. The van der Waals surface area contributed by atoms with Gasteiger partial charge in [-0.1, -0.05) is 0 Å². The van der Waals surface area contributed by atoms with Crippen LogP contribution >= 0.6 is 11.8 Å². The molecule has 0 saturated heterocycles. The topological polar surface area (TPSA) is 77.6 Å². The highest BCUT2D eigenvalue weighted by molar-refractivity contribution is 7.98. The molecule has 0 saturated carbocycles. The van der Waals surface area contributed by atoms with Crippen LogP contribution in [0.2, 0.25) is 0 Å². The molecule has 6 heteroatoms. The highest BCUT2D eigenvalue weighted by Gasteiger charge is 2.18. The highest BCUT2D eigenvalue weighted by atomic mass is 32.2. The number of anilines is 1. The Labute approximate surface area is 96.6 Å². The number of nitrogen functional groups attached to an aromatic ring is 1. The third-order valence-corrected chi connectivity index (χ3v) is 3.37. The summed E-state index contributed by atoms with van der Waals surface area (Å²) >= 11 is 1.80. The zero-order valence-electron chi connectivity index (χ0n) is 8.42. The van der Waals surface area contributed by atoms with Crippen molar-refractivity contribution in [2.24, 2.45) is 0 Å². The minimum Gasteiger partial charge on any atom is -0.383 e. The predicted octanol–water partition coefficient (Wildman–Crippen LogP) is 1.26. The fourth-order valence-corrected chi connectivity index (χ4v) is 2.66. The first-order valence-electron chi connectivity index (χ1n) is 4.84. The first-order valence-corrected chi connectivity index (χ1v) is 5.99. The first kappa shape index (κ1) is 9.53. The molecule has 0 unspecified atom stereocenters. The van der Waals surface area contributed by atoms with Gasteiger partial charge in [-0.2, -0.15) is 11.8 Å². The lowest BCUT2D eigenvalue weighted by atomic mass is 10.2. The second kappa shape index (κ2) is 3.71. The zero-order chi connectivity index (χ0) is 11.0. The van der Waals surface area contributed by atoms with E-state index in [1.54, 1.807) is 30.4 Å². The van der Waals surface area contributed by atoms with Crippen LogP contribution in [-0.2, 0) is 11.5 Å². The van der Waals surface area contributed by atoms with E-state index >= 15 is 0 Å². The summed E-state index contributed by atoms with van der Waals surface area (Å²) in [6.45, 7) is 0. The third kappa shape index (κ3) is 1.51. The van der Waals surface area contributed by atoms with Crippen molar-refractivity contribution in [1.82, 2.24) is 19.9 Å². The smallest absolute Gasteiger partial charge is 0.182 e. The summed E-state index contributed by atoms with van der Waals surface area (Å²) in [5, 5.41) is 0. The van der Waals surface area contributed by atoms with Gasteiger partial charge in [0.1, 0.15) is 11.5 Å². The van der Waals surface area contributed by atoms with Crippen LogP contribution in [0, 0.1) is 0 Å². The molecule has 16 heavy (non-hydrogen) atoms. The summed E-state index contributed by atoms with van der Waals surface area (Å²) < 4.78 is 0. The predicted molar refractivity (Wildman–Crippen MR) is 62.5 cm³/mol. The molecule has 2 N–H and O–H groups in total. The monoisotopic (exact) mass is 231 g/mol. The van der Waals surface area contributed by atoms with Crippen LogP contribution in [-0.4, -0.2) is 19.9 Å². The van der Waals surface area contributed by atoms with E-state index in [4.69, 9.17) is 5.73 Å². The van der Waals surface area contributed by atoms with Gasteiger partial charge in [-0.05, 0) is 0 Å². The van der Waals surface area contributed by atoms with E-state index in [9.17, 15) is 0 Å². The Hall–Kier alpha value is -1.69. The fraction of sp³-hybridized carbons (Fsp3) is 0.200. The van der Waals surface area contributed by atoms with E-state index in [2.05, 4.69) is 19.9 Å². The van der Waals surface area contributed by atoms with Gasteiger partial charge in [0.2, 0.25) is 0 Å². The van der Waals surface area contributed by atoms with Crippen LogP contribution in [0.5, 0.6) is 0 Å². The van der Waals surface area contributed by atoms with Crippen LogP contribution in [0.1, 0.15) is 11.3 Å². The maximum Gasteiger partial charge on any atom is 0.182 e. The van der Waals surface area contributed by atoms with Crippen LogP contribution < -0.4 is 5.73 Å². The van der Waals surface area contributed by atoms with E-state index in [-0.39, 0.29) is 0 Å². The van der Waals surface area contributed by atoms with Crippen molar-refractivity contribution in [3.63, 3.8) is 0 Å². The Balaban J connectivity index is 2.13. The minimum atomic E-state index is 0.562. The molecule has 5 nitrogen and oxygen atoms in total. The molecule has 1 aliphatic rings. The number of thioether (sulfide) groups is 1. The Morgan fingerprint density at radius 1 is 1.19 bits per heavy atom. The van der Waals surface area contributed by atoms with Gasteiger partial charge >= 0.3 is 0 Å². The standard InChI is InChI=1S/C10H9N5S/c11-9-6-4-16-5-8(6)14-10(15-9)7-3-12-1-2-13-7/h1-3H,4-5H2,(H2,11,14,15). The van der Waals surface area contributed by atoms with Crippen molar-refractivity contribution >= 4 is 17.6 Å². The van der Waals surface area contributed by atoms with Crippen LogP contribution in [0.15, 0.2) is 18.6 Å². The third-order valence-electron chi connectivity index (χ3n) is 2.40. The van der Waals surface area contributed by atoms with Gasteiger partial charge in [0.25, 0.3) is 0 Å². The lowest BCUT2D eigenvalue weighted by Crippen LogP contribution is -2.03. The molecule has 3 rings (SSSR count). The van der Waals surface area contributed by atoms with Crippen molar-refractivity contribution in [2.45, 2.75) is 11.5 Å². The van der Waals surface area contributed by atoms with Gasteiger partial charge in [0.15, 0.2) is 5.82 Å². The Kier molecular flexibility index (Phi) is 2.21. The van der Waals surface area contributed by atoms with Crippen molar-refractivity contribution < 1.29 is 0 Å². The summed E-state index contributed by atoms with van der Waals surface area (Å²) in [5.74, 6) is 2.93. The molecular formula is C10H9N5S. The second-order valence-electron chi connectivity index (χ2n) is 3.44. The van der Waals surface area contributed by atoms with E-state index in [0.29, 0.717) is 17.3 Å². The molecule has 0 spiro atoms. The largest absolute Gasteiger partial charge is 0.383 e. The Morgan fingerprint density at radius 2 is 2.12 bits per heavy atom. The maximum atomic E-state index is 5.90. The lowest BCUT2D eigenvalue weighted by molar-refractivity contribution is 1.05. The number of rotatable bonds is 1. The van der Waals surface area contributed by atoms with Crippen LogP contribution in [0.4, 0.5) is 5.82 Å². The summed E-state index contributed by atoms with van der Waals surface area (Å²) in [5.41, 5.74) is 8.65. The summed E-state index contributed by atoms with van der Waals surface area (Å²) in [6, 6.07) is 0. The normalized spacial score (nSPS) is 13.8. The van der Waals surface area contributed by atoms with Gasteiger partial charge in [-0.15, -0.1) is 0 Å². The van der Waals surface area contributed by atoms with Crippen LogP contribution in [0.3, 0.4) is 0 Å². The van der Waals surface area contributed by atoms with Gasteiger partial charge in [-0.3, -0.25) is 4.98 Å². The minimum absolute atomic E-state index is 0.562. The number of nitrogens with zero attached hydrogens (tertiary/aromatic N) is 4. The number of hydrogen-bond acceptors (Lipinski definition) is 6. The molecular weight excluding hydrogens is 222 g/mol. The first-order chi connectivity index (χ1) is 7.84. The number of nitrogens with two attached hydrogens (primary N) is 1. The quantitative estimate of drug-likeness (QED) is 0.796. The second-order valence-corrected chi connectivity index (χ2v) is 4.43. The zero-order valence-corrected chi connectivity index (χ0v) is 9.24. The molecule has 0 atom stereocenters. The molecule has 80 valence electrons. The van der Waals surface area contributed by atoms with E-state index in [1.807, 2.05) is 0 Å². The summed E-state index contributed by atoms with van der Waals surface area (Å²) in [4.78, 5) is 16.9. The molecule has 0 radical (unpaired) electrons. The SMILES string of the molecule is Nc1nc(-c2cnccn2)nc2c1CSC2. The molecule has 2 aromatic rings. The Bertz CT molecular complexity index is 528. The van der Waals surface area contributed by atoms with Crippen molar-refractivity contribution in [2.75, 3.05) is 5.73 Å². The number of fused-ring (bicyclic) bond motifs is 1. The van der Waals surface area contributed by atoms with E-state index in [0.717, 1.165) is 22.8 Å². The van der Waals surface area contributed by atoms with Gasteiger partial charge < -0.3 is 5.73 Å². The molecule has 0 amide bonds. The molecule has 0 bridgehead atoms. The summed E-state index contributed by atoms with van der Waals surface area (Å²) in [6.07, 6.45) is 4.89. The molecule has 0 fully saturated rings. The molecule has 0 aliphatic carbocycles. The van der Waals surface area contributed by atoms with Crippen molar-refractivity contribution in [1.29, 1.82) is 0 Å². The van der Waals surface area contributed by atoms with E-state index in [1.165, 1.54) is 0 Å². The van der Waals surface area contributed by atoms with Crippen molar-refractivity contribution in [3.05, 3.63) is 29.8 Å². The van der Waals surface area contributed by atoms with Gasteiger partial charge in [0.05, 0.1) is 11.9 Å². The molecule has 0 aromatic carbocycles. The lowest BCUT2D eigenvalue weighted by Gasteiger charge is -2.04. The molecule has 1 aliphatic heterocycles. The highest BCUT2D eigenvalue weighted by Crippen LogP contribution is 2.32. The maximum absolute atomic E-state index is 5.90. The van der Waals surface area contributed by atoms with Crippen LogP contribution in [0.25, 0.3) is 11.5 Å². The fourth-order valence-electron chi connectivity index (χ4n) is 1.61. The number of hydrogen-bond donors (Lipinski definition) is 1. The van der Waals surface area contributed by atoms with Crippen molar-refractivity contribution in [3.8, 4) is 11.5 Å². The average Bonchev–Trinajstić information content (AvgIpc) is 2.79. The van der Waals surface area contributed by atoms with Gasteiger partial charge in [-0.25, -0.2) is 15.0 Å². The molecule has 3 heterocycles. The molecule has 2 aromatic heterocycles. The summed E-state index contributed by atoms with van der Waals surface area (Å²) in [7, 11) is 0. The Morgan fingerprint density at radius 3 is 2.94 bits per heavy atom. The average molecular weight is 231 g/mol.